The summed E-state index contributed by atoms with van der Waals surface area (Å²) in [6.45, 7) is 0.267. The lowest BCUT2D eigenvalue weighted by molar-refractivity contribution is 0.423. The summed E-state index contributed by atoms with van der Waals surface area (Å²) in [4.78, 5) is 4.96. The minimum Gasteiger partial charge on any atom is -0.445 e. The normalized spacial score (nSPS) is 25.6. The second kappa shape index (κ2) is 7.02. The van der Waals surface area contributed by atoms with Crippen molar-refractivity contribution in [3.8, 4) is 0 Å². The first kappa shape index (κ1) is 18.3. The van der Waals surface area contributed by atoms with Gasteiger partial charge in [-0.15, -0.1) is 0 Å². The van der Waals surface area contributed by atoms with E-state index in [1.54, 1.807) is 12.1 Å². The monoisotopic (exact) mass is 427 g/mol. The molecule has 30 heavy (non-hydrogen) atoms. The molecule has 3 heterocycles. The number of nitrogens with zero attached hydrogens (tertiary/aromatic N) is 2. The van der Waals surface area contributed by atoms with E-state index in [0.29, 0.717) is 39.7 Å². The minimum absolute atomic E-state index is 0.267. The van der Waals surface area contributed by atoms with Crippen molar-refractivity contribution in [3.05, 3.63) is 53.1 Å². The fourth-order valence-electron chi connectivity index (χ4n) is 4.53. The smallest absolute Gasteiger partial charge is 0.197 e. The van der Waals surface area contributed by atoms with Crippen LogP contribution in [-0.2, 0) is 17.5 Å². The molecule has 0 bridgehead atoms. The summed E-state index contributed by atoms with van der Waals surface area (Å²) in [5.41, 5.74) is 1.84. The van der Waals surface area contributed by atoms with Crippen LogP contribution >= 0.6 is 0 Å². The Morgan fingerprint density at radius 3 is 2.87 bits per heavy atom. The van der Waals surface area contributed by atoms with Gasteiger partial charge in [0.05, 0.1) is 16.8 Å². The van der Waals surface area contributed by atoms with Gasteiger partial charge in [-0.2, -0.15) is 5.10 Å². The molecule has 3 unspecified atom stereocenters. The Morgan fingerprint density at radius 2 is 2.00 bits per heavy atom. The zero-order valence-electron chi connectivity index (χ0n) is 16.3. The number of halogens is 1. The lowest BCUT2D eigenvalue weighted by Crippen LogP contribution is -2.05. The molecule has 0 radical (unpaired) electrons. The van der Waals surface area contributed by atoms with Crippen LogP contribution in [-0.4, -0.2) is 19.4 Å². The van der Waals surface area contributed by atoms with Crippen LogP contribution in [0.15, 0.2) is 33.7 Å². The van der Waals surface area contributed by atoms with Gasteiger partial charge in [-0.3, -0.25) is 5.10 Å². The van der Waals surface area contributed by atoms with Crippen molar-refractivity contribution in [2.24, 2.45) is 0 Å². The predicted molar refractivity (Wildman–Crippen MR) is 109 cm³/mol. The SMILES string of the molecule is O=S1NCc2c1ccc(Nc1cc(C3CCC(c4cnc(C5CC5)o4)C3)[nH]n1)c2F. The number of aromatic nitrogens is 3. The van der Waals surface area contributed by atoms with E-state index in [-0.39, 0.29) is 12.4 Å². The fraction of sp³-hybridized carbons (Fsp3) is 0.429. The van der Waals surface area contributed by atoms with Crippen LogP contribution in [0.3, 0.4) is 0 Å². The quantitative estimate of drug-likeness (QED) is 0.563. The van der Waals surface area contributed by atoms with Crippen LogP contribution in [0.5, 0.6) is 0 Å². The predicted octanol–water partition coefficient (Wildman–Crippen LogP) is 4.33. The van der Waals surface area contributed by atoms with E-state index in [1.165, 1.54) is 12.8 Å². The van der Waals surface area contributed by atoms with E-state index in [1.807, 2.05) is 12.3 Å². The molecule has 2 saturated carbocycles. The molecule has 2 fully saturated rings. The number of hydrogen-bond acceptors (Lipinski definition) is 5. The standard InChI is InChI=1S/C21H22FN5O2S/c22-20-14-9-24-30(28)18(14)6-5-15(20)25-19-8-16(26-27-19)12-3-4-13(7-12)17-10-23-21(29-17)11-1-2-11/h5-6,8,10-13,24H,1-4,7,9H2,(H2,25,26,27). The van der Waals surface area contributed by atoms with Crippen molar-refractivity contribution in [2.75, 3.05) is 5.32 Å². The lowest BCUT2D eigenvalue weighted by Gasteiger charge is -2.08. The molecule has 9 heteroatoms. The molecule has 7 nitrogen and oxygen atoms in total. The number of hydrogen-bond donors (Lipinski definition) is 3. The van der Waals surface area contributed by atoms with Gasteiger partial charge in [0.25, 0.3) is 0 Å². The number of benzene rings is 1. The first-order valence-corrected chi connectivity index (χ1v) is 11.6. The van der Waals surface area contributed by atoms with Crippen LogP contribution in [0.2, 0.25) is 0 Å². The Balaban J connectivity index is 1.15. The second-order valence-corrected chi connectivity index (χ2v) is 9.68. The number of H-pyrrole nitrogens is 1. The molecule has 156 valence electrons. The van der Waals surface area contributed by atoms with Crippen LogP contribution in [0, 0.1) is 5.82 Å². The molecule has 0 spiro atoms. The molecule has 0 amide bonds. The minimum atomic E-state index is -1.33. The zero-order valence-corrected chi connectivity index (χ0v) is 17.1. The van der Waals surface area contributed by atoms with Crippen LogP contribution in [0.25, 0.3) is 0 Å². The van der Waals surface area contributed by atoms with Gasteiger partial charge in [0, 0.05) is 41.6 Å². The summed E-state index contributed by atoms with van der Waals surface area (Å²) in [6, 6.07) is 5.26. The molecule has 2 aromatic heterocycles. The molecular weight excluding hydrogens is 405 g/mol. The molecule has 6 rings (SSSR count). The third-order valence-electron chi connectivity index (χ3n) is 6.38. The van der Waals surface area contributed by atoms with Crippen LogP contribution in [0.1, 0.15) is 72.8 Å². The molecule has 3 atom stereocenters. The molecule has 3 aromatic rings. The van der Waals surface area contributed by atoms with E-state index >= 15 is 0 Å². The van der Waals surface area contributed by atoms with Gasteiger partial charge in [-0.1, -0.05) is 0 Å². The van der Waals surface area contributed by atoms with Crippen molar-refractivity contribution in [1.29, 1.82) is 0 Å². The summed E-state index contributed by atoms with van der Waals surface area (Å²) in [7, 11) is -1.33. The average Bonchev–Trinajstić information content (AvgIpc) is 3.18. The van der Waals surface area contributed by atoms with Crippen molar-refractivity contribution < 1.29 is 13.0 Å². The van der Waals surface area contributed by atoms with Crippen molar-refractivity contribution in [3.63, 3.8) is 0 Å². The number of aromatic amines is 1. The zero-order chi connectivity index (χ0) is 20.2. The highest BCUT2D eigenvalue weighted by molar-refractivity contribution is 7.83. The summed E-state index contributed by atoms with van der Waals surface area (Å²) >= 11 is 0. The fourth-order valence-corrected chi connectivity index (χ4v) is 5.54. The molecule has 2 aliphatic carbocycles. The van der Waals surface area contributed by atoms with Gasteiger partial charge in [-0.05, 0) is 44.2 Å². The Labute approximate surface area is 175 Å². The van der Waals surface area contributed by atoms with Crippen molar-refractivity contribution in [1.82, 2.24) is 19.9 Å². The summed E-state index contributed by atoms with van der Waals surface area (Å²) < 4.78 is 35.3. The summed E-state index contributed by atoms with van der Waals surface area (Å²) in [5.74, 6) is 3.39. The molecule has 3 aliphatic rings. The molecule has 1 aliphatic heterocycles. The Morgan fingerprint density at radius 1 is 1.17 bits per heavy atom. The maximum Gasteiger partial charge on any atom is 0.197 e. The van der Waals surface area contributed by atoms with E-state index < -0.39 is 11.0 Å². The topological polar surface area (TPSA) is 95.8 Å². The van der Waals surface area contributed by atoms with Gasteiger partial charge in [0.1, 0.15) is 16.7 Å². The number of anilines is 2. The Bertz CT molecular complexity index is 1140. The maximum atomic E-state index is 14.8. The average molecular weight is 428 g/mol. The maximum absolute atomic E-state index is 14.8. The highest BCUT2D eigenvalue weighted by Gasteiger charge is 2.33. The van der Waals surface area contributed by atoms with E-state index in [2.05, 4.69) is 25.2 Å². The van der Waals surface area contributed by atoms with Crippen molar-refractivity contribution >= 4 is 22.5 Å². The van der Waals surface area contributed by atoms with Gasteiger partial charge >= 0.3 is 0 Å². The van der Waals surface area contributed by atoms with Crippen LogP contribution in [0.4, 0.5) is 15.9 Å². The number of rotatable bonds is 5. The van der Waals surface area contributed by atoms with Gasteiger partial charge in [0.2, 0.25) is 0 Å². The number of nitrogens with one attached hydrogen (secondary N) is 3. The largest absolute Gasteiger partial charge is 0.445 e. The highest BCUT2D eigenvalue weighted by Crippen LogP contribution is 2.46. The second-order valence-electron chi connectivity index (χ2n) is 8.41. The van der Waals surface area contributed by atoms with E-state index in [0.717, 1.165) is 36.6 Å². The van der Waals surface area contributed by atoms with Gasteiger partial charge < -0.3 is 9.73 Å². The van der Waals surface area contributed by atoms with E-state index in [9.17, 15) is 8.60 Å². The van der Waals surface area contributed by atoms with Crippen LogP contribution < -0.4 is 10.0 Å². The van der Waals surface area contributed by atoms with E-state index in [4.69, 9.17) is 4.42 Å². The first-order chi connectivity index (χ1) is 14.7. The summed E-state index contributed by atoms with van der Waals surface area (Å²) in [5, 5.41) is 10.5. The highest BCUT2D eigenvalue weighted by atomic mass is 32.2. The summed E-state index contributed by atoms with van der Waals surface area (Å²) in [6.07, 6.45) is 7.39. The van der Waals surface area contributed by atoms with Gasteiger partial charge in [0.15, 0.2) is 17.5 Å². The number of oxazole rings is 1. The Hall–Kier alpha value is -2.52. The third kappa shape index (κ3) is 3.16. The molecular formula is C21H22FN5O2S. The lowest BCUT2D eigenvalue weighted by atomic mass is 10.0. The van der Waals surface area contributed by atoms with Crippen molar-refractivity contribution in [2.45, 2.75) is 61.3 Å². The molecule has 1 aromatic carbocycles. The molecule has 0 saturated heterocycles. The van der Waals surface area contributed by atoms with Gasteiger partial charge in [-0.25, -0.2) is 18.3 Å². The molecule has 3 N–H and O–H groups in total. The third-order valence-corrected chi connectivity index (χ3v) is 7.57. The Kier molecular flexibility index (Phi) is 4.28. The first-order valence-electron chi connectivity index (χ1n) is 10.4. The number of fused-ring (bicyclic) bond motifs is 1.